The van der Waals surface area contributed by atoms with E-state index in [2.05, 4.69) is 6.07 Å². The number of nitrogens with two attached hydrogens (primary N) is 1. The average molecular weight is 268 g/mol. The molecule has 1 aromatic rings. The summed E-state index contributed by atoms with van der Waals surface area (Å²) in [5.74, 6) is 0. The fraction of sp³-hybridized carbons (Fsp3) is 0.538. The third-order valence-electron chi connectivity index (χ3n) is 3.78. The lowest BCUT2D eigenvalue weighted by Crippen LogP contribution is -2.40. The number of aryl methyl sites for hydroxylation is 1. The number of hydrogen-bond acceptors (Lipinski definition) is 3. The van der Waals surface area contributed by atoms with E-state index in [9.17, 15) is 8.42 Å². The highest BCUT2D eigenvalue weighted by molar-refractivity contribution is 7.89. The average Bonchev–Trinajstić information content (AvgIpc) is 2.80. The SMILES string of the molecule is CC(CN)S(=O)(=O)N(C)C1CCc2ccccc21. The van der Waals surface area contributed by atoms with Gasteiger partial charge in [-0.2, -0.15) is 4.31 Å². The quantitative estimate of drug-likeness (QED) is 0.895. The number of fused-ring (bicyclic) bond motifs is 1. The van der Waals surface area contributed by atoms with Gasteiger partial charge in [0.05, 0.1) is 5.25 Å². The normalized spacial score (nSPS) is 21.0. The maximum absolute atomic E-state index is 12.3. The van der Waals surface area contributed by atoms with Gasteiger partial charge in [0.15, 0.2) is 0 Å². The third kappa shape index (κ3) is 2.18. The lowest BCUT2D eigenvalue weighted by Gasteiger charge is -2.27. The van der Waals surface area contributed by atoms with Crippen molar-refractivity contribution < 1.29 is 8.42 Å². The van der Waals surface area contributed by atoms with E-state index >= 15 is 0 Å². The zero-order valence-electron chi connectivity index (χ0n) is 10.8. The molecule has 0 bridgehead atoms. The van der Waals surface area contributed by atoms with E-state index in [1.54, 1.807) is 14.0 Å². The standard InChI is InChI=1S/C13H20N2O2S/c1-10(9-14)18(16,17)15(2)13-8-7-11-5-3-4-6-12(11)13/h3-6,10,13H,7-9,14H2,1-2H3. The van der Waals surface area contributed by atoms with Gasteiger partial charge in [-0.05, 0) is 30.9 Å². The van der Waals surface area contributed by atoms with Crippen molar-refractivity contribution in [2.24, 2.45) is 5.73 Å². The second kappa shape index (κ2) is 4.99. The summed E-state index contributed by atoms with van der Waals surface area (Å²) in [6.45, 7) is 1.81. The van der Waals surface area contributed by atoms with Crippen molar-refractivity contribution in [2.75, 3.05) is 13.6 Å². The summed E-state index contributed by atoms with van der Waals surface area (Å²) in [7, 11) is -1.65. The minimum Gasteiger partial charge on any atom is -0.329 e. The van der Waals surface area contributed by atoms with E-state index in [0.29, 0.717) is 0 Å². The molecular formula is C13H20N2O2S. The number of sulfonamides is 1. The molecule has 18 heavy (non-hydrogen) atoms. The van der Waals surface area contributed by atoms with Gasteiger partial charge < -0.3 is 5.73 Å². The van der Waals surface area contributed by atoms with Crippen molar-refractivity contribution in [1.29, 1.82) is 0 Å². The highest BCUT2D eigenvalue weighted by atomic mass is 32.2. The summed E-state index contributed by atoms with van der Waals surface area (Å²) >= 11 is 0. The van der Waals surface area contributed by atoms with E-state index < -0.39 is 15.3 Å². The summed E-state index contributed by atoms with van der Waals surface area (Å²) in [5.41, 5.74) is 7.87. The van der Waals surface area contributed by atoms with Crippen molar-refractivity contribution in [3.8, 4) is 0 Å². The van der Waals surface area contributed by atoms with Crippen LogP contribution in [0.4, 0.5) is 0 Å². The zero-order chi connectivity index (χ0) is 13.3. The van der Waals surface area contributed by atoms with Crippen LogP contribution in [0.2, 0.25) is 0 Å². The van der Waals surface area contributed by atoms with Gasteiger partial charge in [0.2, 0.25) is 10.0 Å². The summed E-state index contributed by atoms with van der Waals surface area (Å²) in [5, 5.41) is -0.532. The van der Waals surface area contributed by atoms with Gasteiger partial charge in [-0.25, -0.2) is 8.42 Å². The number of rotatable bonds is 4. The molecular weight excluding hydrogens is 248 g/mol. The molecule has 0 saturated carbocycles. The van der Waals surface area contributed by atoms with E-state index in [1.165, 1.54) is 9.87 Å². The Bertz CT molecular complexity index is 528. The number of hydrogen-bond donors (Lipinski definition) is 1. The molecule has 0 radical (unpaired) electrons. The molecule has 1 aliphatic carbocycles. The van der Waals surface area contributed by atoms with Gasteiger partial charge in [-0.15, -0.1) is 0 Å². The fourth-order valence-electron chi connectivity index (χ4n) is 2.50. The Morgan fingerprint density at radius 3 is 2.78 bits per heavy atom. The molecule has 5 heteroatoms. The van der Waals surface area contributed by atoms with Crippen LogP contribution in [0, 0.1) is 0 Å². The van der Waals surface area contributed by atoms with Gasteiger partial charge >= 0.3 is 0 Å². The van der Waals surface area contributed by atoms with Crippen molar-refractivity contribution in [3.05, 3.63) is 35.4 Å². The maximum atomic E-state index is 12.3. The first-order chi connectivity index (χ1) is 8.48. The van der Waals surface area contributed by atoms with Crippen LogP contribution < -0.4 is 5.73 Å². The van der Waals surface area contributed by atoms with Gasteiger partial charge in [-0.3, -0.25) is 0 Å². The monoisotopic (exact) mass is 268 g/mol. The van der Waals surface area contributed by atoms with E-state index in [4.69, 9.17) is 5.73 Å². The number of benzene rings is 1. The summed E-state index contributed by atoms with van der Waals surface area (Å²) in [6.07, 6.45) is 1.80. The molecule has 100 valence electrons. The molecule has 2 rings (SSSR count). The largest absolute Gasteiger partial charge is 0.329 e. The highest BCUT2D eigenvalue weighted by Crippen LogP contribution is 2.36. The van der Waals surface area contributed by atoms with Crippen LogP contribution in [0.15, 0.2) is 24.3 Å². The fourth-order valence-corrected chi connectivity index (χ4v) is 3.88. The molecule has 2 atom stereocenters. The molecule has 0 fully saturated rings. The Morgan fingerprint density at radius 2 is 2.11 bits per heavy atom. The first-order valence-electron chi connectivity index (χ1n) is 6.23. The van der Waals surface area contributed by atoms with Gasteiger partial charge in [0.25, 0.3) is 0 Å². The first kappa shape index (κ1) is 13.5. The third-order valence-corrected chi connectivity index (χ3v) is 6.05. The van der Waals surface area contributed by atoms with E-state index in [-0.39, 0.29) is 12.6 Å². The molecule has 0 aromatic heterocycles. The van der Waals surface area contributed by atoms with Crippen LogP contribution in [0.1, 0.15) is 30.5 Å². The topological polar surface area (TPSA) is 63.4 Å². The molecule has 0 amide bonds. The van der Waals surface area contributed by atoms with Crippen LogP contribution in [0.3, 0.4) is 0 Å². The minimum atomic E-state index is -3.31. The van der Waals surface area contributed by atoms with Crippen molar-refractivity contribution in [1.82, 2.24) is 4.31 Å². The van der Waals surface area contributed by atoms with Gasteiger partial charge in [0, 0.05) is 19.6 Å². The van der Waals surface area contributed by atoms with Gasteiger partial charge in [-0.1, -0.05) is 24.3 Å². The Kier molecular flexibility index (Phi) is 3.75. The summed E-state index contributed by atoms with van der Waals surface area (Å²) < 4.78 is 26.1. The first-order valence-corrected chi connectivity index (χ1v) is 7.73. The maximum Gasteiger partial charge on any atom is 0.218 e. The lowest BCUT2D eigenvalue weighted by molar-refractivity contribution is 0.370. The molecule has 1 aliphatic rings. The van der Waals surface area contributed by atoms with E-state index in [0.717, 1.165) is 18.4 Å². The molecule has 4 nitrogen and oxygen atoms in total. The second-order valence-corrected chi connectivity index (χ2v) is 7.27. The Labute approximate surface area is 109 Å². The molecule has 0 aliphatic heterocycles. The highest BCUT2D eigenvalue weighted by Gasteiger charge is 2.34. The van der Waals surface area contributed by atoms with Crippen molar-refractivity contribution in [2.45, 2.75) is 31.1 Å². The molecule has 0 spiro atoms. The van der Waals surface area contributed by atoms with Crippen LogP contribution in [-0.4, -0.2) is 31.6 Å². The number of nitrogens with zero attached hydrogens (tertiary/aromatic N) is 1. The van der Waals surface area contributed by atoms with Crippen LogP contribution in [0.5, 0.6) is 0 Å². The summed E-state index contributed by atoms with van der Waals surface area (Å²) in [6, 6.07) is 8.01. The predicted molar refractivity (Wildman–Crippen MR) is 72.7 cm³/mol. The smallest absolute Gasteiger partial charge is 0.218 e. The van der Waals surface area contributed by atoms with E-state index in [1.807, 2.05) is 18.2 Å². The Morgan fingerprint density at radius 1 is 1.44 bits per heavy atom. The van der Waals surface area contributed by atoms with Crippen LogP contribution >= 0.6 is 0 Å². The lowest BCUT2D eigenvalue weighted by atomic mass is 10.1. The molecule has 2 N–H and O–H groups in total. The Hall–Kier alpha value is -0.910. The predicted octanol–water partition coefficient (Wildman–Crippen LogP) is 1.28. The molecule has 2 unspecified atom stereocenters. The van der Waals surface area contributed by atoms with Crippen molar-refractivity contribution >= 4 is 10.0 Å². The second-order valence-electron chi connectivity index (χ2n) is 4.86. The van der Waals surface area contributed by atoms with Crippen molar-refractivity contribution in [3.63, 3.8) is 0 Å². The summed E-state index contributed by atoms with van der Waals surface area (Å²) in [4.78, 5) is 0. The minimum absolute atomic E-state index is 0.0415. The molecule has 0 heterocycles. The molecule has 0 saturated heterocycles. The van der Waals surface area contributed by atoms with Crippen LogP contribution in [-0.2, 0) is 16.4 Å². The Balaban J connectivity index is 2.30. The molecule has 1 aromatic carbocycles. The zero-order valence-corrected chi connectivity index (χ0v) is 11.7. The van der Waals surface area contributed by atoms with Gasteiger partial charge in [0.1, 0.15) is 0 Å². The van der Waals surface area contributed by atoms with Crippen LogP contribution in [0.25, 0.3) is 0 Å².